The minimum Gasteiger partial charge on any atom is -0.493 e. The lowest BCUT2D eigenvalue weighted by molar-refractivity contribution is -0.384. The number of non-ortho nitro benzene ring substituents is 1. The molecule has 3 N–H and O–H groups in total. The number of nitrogens with one attached hydrogen (secondary N) is 3. The van der Waals surface area contributed by atoms with Crippen LogP contribution in [-0.4, -0.2) is 43.8 Å². The standard InChI is InChI=1S/C18H19N5O6/c1-28-15-8-3-5-12(17(15)29-2)10-20-22-16(24)11-19-18(25)21-13-6-4-7-14(9-13)23(26)27/h3-10H,11H2,1-2H3,(H,22,24)(H2,19,21,25). The van der Waals surface area contributed by atoms with E-state index in [2.05, 4.69) is 21.2 Å². The quantitative estimate of drug-likeness (QED) is 0.350. The highest BCUT2D eigenvalue weighted by atomic mass is 16.6. The van der Waals surface area contributed by atoms with Gasteiger partial charge < -0.3 is 20.1 Å². The Morgan fingerprint density at radius 3 is 2.62 bits per heavy atom. The number of amides is 3. The molecule has 0 unspecified atom stereocenters. The van der Waals surface area contributed by atoms with Crippen molar-refractivity contribution in [2.45, 2.75) is 0 Å². The van der Waals surface area contributed by atoms with Crippen LogP contribution in [0, 0.1) is 10.1 Å². The zero-order chi connectivity index (χ0) is 21.2. The number of carbonyl (C=O) groups excluding carboxylic acids is 2. The number of urea groups is 1. The van der Waals surface area contributed by atoms with Crippen LogP contribution in [0.3, 0.4) is 0 Å². The van der Waals surface area contributed by atoms with Gasteiger partial charge in [-0.25, -0.2) is 10.2 Å². The molecule has 0 bridgehead atoms. The SMILES string of the molecule is COc1cccc(C=NNC(=O)CNC(=O)Nc2cccc([N+](=O)[O-])c2)c1OC. The van der Waals surface area contributed by atoms with Gasteiger partial charge in [-0.05, 0) is 18.2 Å². The normalized spacial score (nSPS) is 10.3. The summed E-state index contributed by atoms with van der Waals surface area (Å²) in [6.45, 7) is -0.354. The van der Waals surface area contributed by atoms with Gasteiger partial charge in [0.2, 0.25) is 0 Å². The Balaban J connectivity index is 1.84. The number of rotatable bonds is 8. The topological polar surface area (TPSA) is 144 Å². The van der Waals surface area contributed by atoms with Crippen LogP contribution in [0.4, 0.5) is 16.2 Å². The van der Waals surface area contributed by atoms with Crippen molar-refractivity contribution in [2.24, 2.45) is 5.10 Å². The maximum absolute atomic E-state index is 11.8. The first-order valence-electron chi connectivity index (χ1n) is 8.26. The highest BCUT2D eigenvalue weighted by Gasteiger charge is 2.10. The number of hydrazone groups is 1. The Hall–Kier alpha value is -4.15. The van der Waals surface area contributed by atoms with E-state index in [0.29, 0.717) is 17.1 Å². The van der Waals surface area contributed by atoms with Gasteiger partial charge in [0, 0.05) is 23.4 Å². The molecule has 0 fully saturated rings. The number of benzene rings is 2. The lowest BCUT2D eigenvalue weighted by Crippen LogP contribution is -2.37. The zero-order valence-electron chi connectivity index (χ0n) is 15.7. The van der Waals surface area contributed by atoms with Crippen molar-refractivity contribution in [1.82, 2.24) is 10.7 Å². The molecule has 0 radical (unpaired) electrons. The number of para-hydroxylation sites is 1. The number of ether oxygens (including phenoxy) is 2. The van der Waals surface area contributed by atoms with Gasteiger partial charge in [0.25, 0.3) is 11.6 Å². The molecule has 11 heteroatoms. The number of carbonyl (C=O) groups is 2. The molecule has 0 saturated heterocycles. The number of methoxy groups -OCH3 is 2. The van der Waals surface area contributed by atoms with Crippen LogP contribution < -0.4 is 25.5 Å². The molecule has 2 rings (SSSR count). The van der Waals surface area contributed by atoms with E-state index in [0.717, 1.165) is 0 Å². The van der Waals surface area contributed by atoms with Crippen LogP contribution in [0.5, 0.6) is 11.5 Å². The highest BCUT2D eigenvalue weighted by Crippen LogP contribution is 2.29. The van der Waals surface area contributed by atoms with E-state index in [1.807, 2.05) is 0 Å². The Bertz CT molecular complexity index is 931. The second-order valence-electron chi connectivity index (χ2n) is 5.49. The van der Waals surface area contributed by atoms with E-state index in [1.54, 1.807) is 18.2 Å². The first-order valence-corrected chi connectivity index (χ1v) is 8.26. The first kappa shape index (κ1) is 21.2. The summed E-state index contributed by atoms with van der Waals surface area (Å²) in [6.07, 6.45) is 1.38. The Morgan fingerprint density at radius 2 is 1.93 bits per heavy atom. The van der Waals surface area contributed by atoms with Crippen LogP contribution >= 0.6 is 0 Å². The number of nitro groups is 1. The summed E-state index contributed by atoms with van der Waals surface area (Å²) >= 11 is 0. The summed E-state index contributed by atoms with van der Waals surface area (Å²) in [7, 11) is 2.99. The van der Waals surface area contributed by atoms with E-state index in [4.69, 9.17) is 9.47 Å². The van der Waals surface area contributed by atoms with Crippen LogP contribution in [-0.2, 0) is 4.79 Å². The molecule has 2 aromatic carbocycles. The van der Waals surface area contributed by atoms with Crippen molar-refractivity contribution in [3.05, 3.63) is 58.1 Å². The summed E-state index contributed by atoms with van der Waals surface area (Å²) in [5, 5.41) is 19.3. The van der Waals surface area contributed by atoms with E-state index in [-0.39, 0.29) is 17.9 Å². The van der Waals surface area contributed by atoms with E-state index in [9.17, 15) is 19.7 Å². The van der Waals surface area contributed by atoms with Crippen molar-refractivity contribution < 1.29 is 24.0 Å². The van der Waals surface area contributed by atoms with Crippen molar-refractivity contribution in [2.75, 3.05) is 26.1 Å². The van der Waals surface area contributed by atoms with Gasteiger partial charge in [0.15, 0.2) is 11.5 Å². The molecular formula is C18H19N5O6. The van der Waals surface area contributed by atoms with Crippen LogP contribution in [0.2, 0.25) is 0 Å². The third kappa shape index (κ3) is 6.20. The predicted octanol–water partition coefficient (Wildman–Crippen LogP) is 1.88. The average Bonchev–Trinajstić information content (AvgIpc) is 2.72. The maximum atomic E-state index is 11.8. The van der Waals surface area contributed by atoms with Gasteiger partial charge in [-0.3, -0.25) is 14.9 Å². The van der Waals surface area contributed by atoms with Gasteiger partial charge in [0.05, 0.1) is 25.4 Å². The van der Waals surface area contributed by atoms with Gasteiger partial charge in [0.1, 0.15) is 6.54 Å². The van der Waals surface area contributed by atoms with Crippen molar-refractivity contribution in [1.29, 1.82) is 0 Å². The molecule has 0 heterocycles. The number of nitrogens with zero attached hydrogens (tertiary/aromatic N) is 2. The van der Waals surface area contributed by atoms with E-state index < -0.39 is 16.9 Å². The molecular weight excluding hydrogens is 382 g/mol. The smallest absolute Gasteiger partial charge is 0.319 e. The summed E-state index contributed by atoms with van der Waals surface area (Å²) in [6, 6.07) is 9.90. The predicted molar refractivity (Wildman–Crippen MR) is 105 cm³/mol. The molecule has 152 valence electrons. The molecule has 0 aliphatic carbocycles. The fourth-order valence-electron chi connectivity index (χ4n) is 2.26. The second-order valence-corrected chi connectivity index (χ2v) is 5.49. The molecule has 0 spiro atoms. The molecule has 29 heavy (non-hydrogen) atoms. The number of hydrogen-bond donors (Lipinski definition) is 3. The fraction of sp³-hybridized carbons (Fsp3) is 0.167. The van der Waals surface area contributed by atoms with E-state index in [1.165, 1.54) is 44.7 Å². The first-order chi connectivity index (χ1) is 13.9. The van der Waals surface area contributed by atoms with E-state index >= 15 is 0 Å². The number of hydrogen-bond acceptors (Lipinski definition) is 7. The monoisotopic (exact) mass is 401 g/mol. The molecule has 0 aliphatic rings. The highest BCUT2D eigenvalue weighted by molar-refractivity contribution is 5.93. The molecule has 0 atom stereocenters. The Labute approximate surface area is 165 Å². The number of anilines is 1. The summed E-state index contributed by atoms with van der Waals surface area (Å²) in [5.74, 6) is 0.405. The minimum atomic E-state index is -0.695. The van der Waals surface area contributed by atoms with Gasteiger partial charge in [-0.2, -0.15) is 5.10 Å². The van der Waals surface area contributed by atoms with Gasteiger partial charge >= 0.3 is 6.03 Å². The number of nitro benzene ring substituents is 1. The largest absolute Gasteiger partial charge is 0.493 e. The summed E-state index contributed by atoms with van der Waals surface area (Å²) < 4.78 is 10.4. The Kier molecular flexibility index (Phi) is 7.48. The maximum Gasteiger partial charge on any atom is 0.319 e. The summed E-state index contributed by atoms with van der Waals surface area (Å²) in [5.41, 5.74) is 2.91. The Morgan fingerprint density at radius 1 is 1.17 bits per heavy atom. The lowest BCUT2D eigenvalue weighted by atomic mass is 10.2. The molecule has 3 amide bonds. The van der Waals surface area contributed by atoms with Gasteiger partial charge in [-0.15, -0.1) is 0 Å². The third-order valence-electron chi connectivity index (χ3n) is 3.55. The van der Waals surface area contributed by atoms with Gasteiger partial charge in [-0.1, -0.05) is 12.1 Å². The van der Waals surface area contributed by atoms with Crippen LogP contribution in [0.25, 0.3) is 0 Å². The molecule has 11 nitrogen and oxygen atoms in total. The molecule has 0 saturated carbocycles. The van der Waals surface area contributed by atoms with Crippen LogP contribution in [0.1, 0.15) is 5.56 Å². The van der Waals surface area contributed by atoms with Crippen molar-refractivity contribution in [3.8, 4) is 11.5 Å². The summed E-state index contributed by atoms with van der Waals surface area (Å²) in [4.78, 5) is 33.8. The average molecular weight is 401 g/mol. The second kappa shape index (κ2) is 10.3. The minimum absolute atomic E-state index is 0.164. The lowest BCUT2D eigenvalue weighted by Gasteiger charge is -2.09. The van der Waals surface area contributed by atoms with Crippen LogP contribution in [0.15, 0.2) is 47.6 Å². The van der Waals surface area contributed by atoms with Crippen molar-refractivity contribution >= 4 is 29.5 Å². The molecule has 0 aliphatic heterocycles. The zero-order valence-corrected chi connectivity index (χ0v) is 15.7. The molecule has 0 aromatic heterocycles. The third-order valence-corrected chi connectivity index (χ3v) is 3.55. The fourth-order valence-corrected chi connectivity index (χ4v) is 2.26. The van der Waals surface area contributed by atoms with Crippen molar-refractivity contribution in [3.63, 3.8) is 0 Å². The molecule has 2 aromatic rings.